The van der Waals surface area contributed by atoms with Gasteiger partial charge < -0.3 is 0 Å². The van der Waals surface area contributed by atoms with E-state index in [1.165, 1.54) is 0 Å². The summed E-state index contributed by atoms with van der Waals surface area (Å²) in [6, 6.07) is 19.0. The summed E-state index contributed by atoms with van der Waals surface area (Å²) in [6.07, 6.45) is 1.44. The maximum Gasteiger partial charge on any atom is 0.135 e. The second-order valence-electron chi connectivity index (χ2n) is 5.60. The number of carbonyl (C=O) groups is 1. The van der Waals surface area contributed by atoms with Crippen molar-refractivity contribution in [2.75, 3.05) is 0 Å². The molecule has 4 nitrogen and oxygen atoms in total. The van der Waals surface area contributed by atoms with Crippen molar-refractivity contribution >= 4 is 5.78 Å². The van der Waals surface area contributed by atoms with Crippen molar-refractivity contribution in [3.63, 3.8) is 0 Å². The quantitative estimate of drug-likeness (QED) is 0.797. The lowest BCUT2D eigenvalue weighted by Gasteiger charge is -2.31. The smallest absolute Gasteiger partial charge is 0.135 e. The standard InChI is InChI=1S/C18H18N2O2/c21-16-11-12-17(14-7-3-1-4-8-14)20(19-22)18(13-16)15-9-5-2-6-10-15/h1-10,17-18H,11-13H2. The van der Waals surface area contributed by atoms with Crippen LogP contribution < -0.4 is 0 Å². The van der Waals surface area contributed by atoms with Crippen LogP contribution in [0.1, 0.15) is 42.5 Å². The van der Waals surface area contributed by atoms with Crippen LogP contribution in [0.15, 0.2) is 65.9 Å². The molecular formula is C18H18N2O2. The van der Waals surface area contributed by atoms with Gasteiger partial charge in [0.1, 0.15) is 5.78 Å². The summed E-state index contributed by atoms with van der Waals surface area (Å²) in [5.41, 5.74) is 1.98. The van der Waals surface area contributed by atoms with Crippen LogP contribution in [-0.4, -0.2) is 10.8 Å². The molecule has 2 aromatic rings. The van der Waals surface area contributed by atoms with E-state index in [-0.39, 0.29) is 17.9 Å². The summed E-state index contributed by atoms with van der Waals surface area (Å²) in [5, 5.41) is 4.85. The zero-order chi connectivity index (χ0) is 15.4. The molecule has 1 heterocycles. The molecule has 0 amide bonds. The molecule has 1 aliphatic heterocycles. The summed E-state index contributed by atoms with van der Waals surface area (Å²) >= 11 is 0. The topological polar surface area (TPSA) is 49.7 Å². The molecule has 2 unspecified atom stereocenters. The molecule has 0 radical (unpaired) electrons. The van der Waals surface area contributed by atoms with Crippen molar-refractivity contribution in [3.8, 4) is 0 Å². The molecule has 0 spiro atoms. The van der Waals surface area contributed by atoms with E-state index in [0.29, 0.717) is 19.3 Å². The highest BCUT2D eigenvalue weighted by molar-refractivity contribution is 5.79. The van der Waals surface area contributed by atoms with Gasteiger partial charge in [0.2, 0.25) is 0 Å². The Kier molecular flexibility index (Phi) is 4.28. The molecule has 1 fully saturated rings. The molecule has 4 heteroatoms. The van der Waals surface area contributed by atoms with E-state index >= 15 is 0 Å². The van der Waals surface area contributed by atoms with Crippen molar-refractivity contribution in [2.24, 2.45) is 5.29 Å². The van der Waals surface area contributed by atoms with Crippen molar-refractivity contribution < 1.29 is 4.79 Å². The van der Waals surface area contributed by atoms with E-state index in [1.54, 1.807) is 5.01 Å². The lowest BCUT2D eigenvalue weighted by atomic mass is 10.0. The normalized spacial score (nSPS) is 22.2. The first-order chi connectivity index (χ1) is 10.8. The second kappa shape index (κ2) is 6.52. The number of nitrogens with zero attached hydrogens (tertiary/aromatic N) is 2. The third kappa shape index (κ3) is 2.91. The summed E-state index contributed by atoms with van der Waals surface area (Å²) < 4.78 is 0. The van der Waals surface area contributed by atoms with Crippen LogP contribution in [0.5, 0.6) is 0 Å². The molecule has 112 valence electrons. The number of hydrogen-bond acceptors (Lipinski definition) is 3. The van der Waals surface area contributed by atoms with Crippen LogP contribution in [0.2, 0.25) is 0 Å². The van der Waals surface area contributed by atoms with Crippen LogP contribution >= 0.6 is 0 Å². The molecule has 2 atom stereocenters. The molecule has 0 aliphatic carbocycles. The van der Waals surface area contributed by atoms with Crippen LogP contribution in [0, 0.1) is 4.91 Å². The molecule has 0 saturated carbocycles. The fourth-order valence-corrected chi connectivity index (χ4v) is 3.11. The monoisotopic (exact) mass is 294 g/mol. The van der Waals surface area contributed by atoms with Gasteiger partial charge in [-0.05, 0) is 17.5 Å². The minimum absolute atomic E-state index is 0.157. The first kappa shape index (κ1) is 14.4. The number of hydrogen-bond donors (Lipinski definition) is 0. The fourth-order valence-electron chi connectivity index (χ4n) is 3.11. The number of rotatable bonds is 3. The predicted octanol–water partition coefficient (Wildman–Crippen LogP) is 4.21. The lowest BCUT2D eigenvalue weighted by molar-refractivity contribution is -0.119. The van der Waals surface area contributed by atoms with Gasteiger partial charge >= 0.3 is 0 Å². The Bertz CT molecular complexity index is 643. The molecule has 2 aromatic carbocycles. The average molecular weight is 294 g/mol. The third-order valence-electron chi connectivity index (χ3n) is 4.22. The Labute approximate surface area is 129 Å². The van der Waals surface area contributed by atoms with E-state index in [1.807, 2.05) is 60.7 Å². The largest absolute Gasteiger partial charge is 0.300 e. The van der Waals surface area contributed by atoms with Crippen molar-refractivity contribution in [1.29, 1.82) is 0 Å². The van der Waals surface area contributed by atoms with E-state index in [2.05, 4.69) is 5.29 Å². The first-order valence-corrected chi connectivity index (χ1v) is 7.53. The van der Waals surface area contributed by atoms with Crippen molar-refractivity contribution in [2.45, 2.75) is 31.3 Å². The van der Waals surface area contributed by atoms with Crippen molar-refractivity contribution in [1.82, 2.24) is 5.01 Å². The highest BCUT2D eigenvalue weighted by Gasteiger charge is 2.33. The van der Waals surface area contributed by atoms with Crippen molar-refractivity contribution in [3.05, 3.63) is 76.7 Å². The number of Topliss-reactive ketones (excluding diaryl/α,β-unsaturated/α-hetero) is 1. The van der Waals surface area contributed by atoms with Gasteiger partial charge in [-0.2, -0.15) is 0 Å². The minimum Gasteiger partial charge on any atom is -0.300 e. The van der Waals surface area contributed by atoms with E-state index in [4.69, 9.17) is 0 Å². The SMILES string of the molecule is O=NN1C(c2ccccc2)CCC(=O)CC1c1ccccc1. The van der Waals surface area contributed by atoms with Gasteiger partial charge in [0.25, 0.3) is 0 Å². The van der Waals surface area contributed by atoms with Gasteiger partial charge in [-0.1, -0.05) is 60.7 Å². The highest BCUT2D eigenvalue weighted by Crippen LogP contribution is 2.39. The Balaban J connectivity index is 2.00. The molecule has 1 saturated heterocycles. The molecule has 0 N–H and O–H groups in total. The summed E-state index contributed by atoms with van der Waals surface area (Å²) in [7, 11) is 0. The summed E-state index contributed by atoms with van der Waals surface area (Å²) in [6.45, 7) is 0. The van der Waals surface area contributed by atoms with Gasteiger partial charge in [-0.15, -0.1) is 4.91 Å². The number of ketones is 1. The fraction of sp³-hybridized carbons (Fsp3) is 0.278. The van der Waals surface area contributed by atoms with Gasteiger partial charge in [-0.3, -0.25) is 4.79 Å². The summed E-state index contributed by atoms with van der Waals surface area (Å²) in [4.78, 5) is 23.7. The van der Waals surface area contributed by atoms with E-state index < -0.39 is 0 Å². The van der Waals surface area contributed by atoms with Gasteiger partial charge in [-0.25, -0.2) is 5.01 Å². The van der Waals surface area contributed by atoms with E-state index in [9.17, 15) is 9.70 Å². The lowest BCUT2D eigenvalue weighted by Crippen LogP contribution is -2.27. The molecular weight excluding hydrogens is 276 g/mol. The maximum atomic E-state index is 12.1. The zero-order valence-corrected chi connectivity index (χ0v) is 12.3. The van der Waals surface area contributed by atoms with Gasteiger partial charge in [0.05, 0.1) is 17.4 Å². The third-order valence-corrected chi connectivity index (χ3v) is 4.22. The Morgan fingerprint density at radius 3 is 1.95 bits per heavy atom. The van der Waals surface area contributed by atoms with E-state index in [0.717, 1.165) is 11.1 Å². The minimum atomic E-state index is -0.293. The molecule has 0 bridgehead atoms. The maximum absolute atomic E-state index is 12.1. The number of benzene rings is 2. The highest BCUT2D eigenvalue weighted by atomic mass is 16.3. The number of nitroso groups, excluding NO2 is 1. The van der Waals surface area contributed by atoms with Gasteiger partial charge in [0.15, 0.2) is 0 Å². The first-order valence-electron chi connectivity index (χ1n) is 7.53. The second-order valence-corrected chi connectivity index (χ2v) is 5.60. The molecule has 22 heavy (non-hydrogen) atoms. The Hall–Kier alpha value is -2.49. The number of carbonyl (C=O) groups excluding carboxylic acids is 1. The van der Waals surface area contributed by atoms with Crippen LogP contribution in [0.25, 0.3) is 0 Å². The van der Waals surface area contributed by atoms with Crippen LogP contribution in [0.3, 0.4) is 0 Å². The van der Waals surface area contributed by atoms with Crippen LogP contribution in [0.4, 0.5) is 0 Å². The predicted molar refractivity (Wildman–Crippen MR) is 84.9 cm³/mol. The average Bonchev–Trinajstić information content (AvgIpc) is 2.75. The zero-order valence-electron chi connectivity index (χ0n) is 12.3. The summed E-state index contributed by atoms with van der Waals surface area (Å²) in [5.74, 6) is 0.181. The molecule has 3 rings (SSSR count). The Morgan fingerprint density at radius 2 is 1.41 bits per heavy atom. The molecule has 1 aliphatic rings. The molecule has 0 aromatic heterocycles. The Morgan fingerprint density at radius 1 is 0.864 bits per heavy atom. The van der Waals surface area contributed by atoms with Crippen LogP contribution in [-0.2, 0) is 4.79 Å². The van der Waals surface area contributed by atoms with Gasteiger partial charge in [0, 0.05) is 12.8 Å².